The van der Waals surface area contributed by atoms with E-state index >= 15 is 0 Å². The van der Waals surface area contributed by atoms with E-state index in [0.717, 1.165) is 122 Å². The molecular formula is C75H128O6. The van der Waals surface area contributed by atoms with Crippen molar-refractivity contribution in [1.82, 2.24) is 0 Å². The van der Waals surface area contributed by atoms with Crippen molar-refractivity contribution in [3.8, 4) is 0 Å². The molecule has 0 saturated heterocycles. The Morgan fingerprint density at radius 3 is 0.765 bits per heavy atom. The second kappa shape index (κ2) is 68.6. The van der Waals surface area contributed by atoms with Crippen LogP contribution < -0.4 is 0 Å². The lowest BCUT2D eigenvalue weighted by Crippen LogP contribution is -2.30. The molecule has 0 heterocycles. The zero-order valence-corrected chi connectivity index (χ0v) is 53.3. The summed E-state index contributed by atoms with van der Waals surface area (Å²) in [5.41, 5.74) is 0. The number of ether oxygens (including phenoxy) is 3. The van der Waals surface area contributed by atoms with Crippen LogP contribution in [0.2, 0.25) is 0 Å². The molecule has 0 aromatic carbocycles. The third-order valence-corrected chi connectivity index (χ3v) is 14.7. The van der Waals surface area contributed by atoms with Crippen molar-refractivity contribution < 1.29 is 28.6 Å². The fourth-order valence-corrected chi connectivity index (χ4v) is 9.66. The molecule has 0 radical (unpaired) electrons. The van der Waals surface area contributed by atoms with Gasteiger partial charge in [-0.25, -0.2) is 0 Å². The predicted molar refractivity (Wildman–Crippen MR) is 353 cm³/mol. The lowest BCUT2D eigenvalue weighted by molar-refractivity contribution is -0.167. The first-order valence-electron chi connectivity index (χ1n) is 34.4. The SMILES string of the molecule is CC/C=C\C/C=C\C/C=C\C/C=C\C/C=C\CCCCCCCCCCCCCCCCCC(=O)OCC(COC(=O)CCCCCCC/C=C\CCCCCCCC)OC(=O)CCCCCCCCC/C=C\C/C=C\C/C=C\CC. The van der Waals surface area contributed by atoms with Crippen molar-refractivity contribution >= 4 is 17.9 Å². The summed E-state index contributed by atoms with van der Waals surface area (Å²) in [5.74, 6) is -0.889. The first-order valence-corrected chi connectivity index (χ1v) is 34.4. The normalized spacial score (nSPS) is 12.8. The van der Waals surface area contributed by atoms with Crippen LogP contribution in [0.15, 0.2) is 109 Å². The van der Waals surface area contributed by atoms with E-state index in [4.69, 9.17) is 14.2 Å². The summed E-state index contributed by atoms with van der Waals surface area (Å²) in [4.78, 5) is 38.4. The first-order chi connectivity index (χ1) is 40.0. The molecule has 1 unspecified atom stereocenters. The van der Waals surface area contributed by atoms with Gasteiger partial charge in [-0.3, -0.25) is 14.4 Å². The van der Waals surface area contributed by atoms with Crippen LogP contribution in [0, 0.1) is 0 Å². The Bertz CT molecular complexity index is 1620. The van der Waals surface area contributed by atoms with Gasteiger partial charge >= 0.3 is 17.9 Å². The van der Waals surface area contributed by atoms with Gasteiger partial charge in [-0.05, 0) is 122 Å². The highest BCUT2D eigenvalue weighted by atomic mass is 16.6. The minimum atomic E-state index is -0.788. The largest absolute Gasteiger partial charge is 0.462 e. The molecular weight excluding hydrogens is 997 g/mol. The van der Waals surface area contributed by atoms with E-state index in [1.807, 2.05) is 0 Å². The summed E-state index contributed by atoms with van der Waals surface area (Å²) in [5, 5.41) is 0. The van der Waals surface area contributed by atoms with Crippen molar-refractivity contribution in [2.24, 2.45) is 0 Å². The number of unbranched alkanes of at least 4 members (excludes halogenated alkanes) is 33. The van der Waals surface area contributed by atoms with Crippen molar-refractivity contribution in [3.05, 3.63) is 109 Å². The maximum Gasteiger partial charge on any atom is 0.306 e. The lowest BCUT2D eigenvalue weighted by Gasteiger charge is -2.18. The van der Waals surface area contributed by atoms with E-state index in [2.05, 4.69) is 130 Å². The van der Waals surface area contributed by atoms with Gasteiger partial charge in [0.15, 0.2) is 6.10 Å². The number of carbonyl (C=O) groups is 3. The minimum absolute atomic E-state index is 0.0831. The predicted octanol–water partition coefficient (Wildman–Crippen LogP) is 23.8. The molecule has 81 heavy (non-hydrogen) atoms. The van der Waals surface area contributed by atoms with Gasteiger partial charge in [0, 0.05) is 19.3 Å². The molecule has 1 atom stereocenters. The molecule has 0 amide bonds. The molecule has 0 rings (SSSR count). The molecule has 0 fully saturated rings. The van der Waals surface area contributed by atoms with Crippen molar-refractivity contribution in [3.63, 3.8) is 0 Å². The number of carbonyl (C=O) groups excluding carboxylic acids is 3. The van der Waals surface area contributed by atoms with Gasteiger partial charge in [0.1, 0.15) is 13.2 Å². The van der Waals surface area contributed by atoms with E-state index in [-0.39, 0.29) is 31.1 Å². The van der Waals surface area contributed by atoms with Gasteiger partial charge < -0.3 is 14.2 Å². The quantitative estimate of drug-likeness (QED) is 0.0261. The molecule has 0 aliphatic heterocycles. The monoisotopic (exact) mass is 1120 g/mol. The Morgan fingerprint density at radius 2 is 0.481 bits per heavy atom. The summed E-state index contributed by atoms with van der Waals surface area (Å²) >= 11 is 0. The number of hydrogen-bond donors (Lipinski definition) is 0. The molecule has 0 aromatic rings. The Hall–Kier alpha value is -3.93. The fraction of sp³-hybridized carbons (Fsp3) is 0.720. The number of esters is 3. The maximum absolute atomic E-state index is 12.9. The number of hydrogen-bond acceptors (Lipinski definition) is 6. The average Bonchev–Trinajstić information content (AvgIpc) is 3.47. The van der Waals surface area contributed by atoms with Gasteiger partial charge in [-0.15, -0.1) is 0 Å². The fourth-order valence-electron chi connectivity index (χ4n) is 9.66. The van der Waals surface area contributed by atoms with E-state index < -0.39 is 6.10 Å². The maximum atomic E-state index is 12.9. The third kappa shape index (κ3) is 66.8. The number of allylic oxidation sites excluding steroid dienone is 18. The smallest absolute Gasteiger partial charge is 0.306 e. The van der Waals surface area contributed by atoms with Crippen LogP contribution >= 0.6 is 0 Å². The van der Waals surface area contributed by atoms with Crippen LogP contribution in [-0.4, -0.2) is 37.2 Å². The van der Waals surface area contributed by atoms with Gasteiger partial charge in [0.2, 0.25) is 0 Å². The highest BCUT2D eigenvalue weighted by Crippen LogP contribution is 2.17. The molecule has 0 aromatic heterocycles. The minimum Gasteiger partial charge on any atom is -0.462 e. The van der Waals surface area contributed by atoms with Crippen molar-refractivity contribution in [2.75, 3.05) is 13.2 Å². The zero-order chi connectivity index (χ0) is 58.5. The second-order valence-electron chi connectivity index (χ2n) is 22.7. The molecule has 0 saturated carbocycles. The summed E-state index contributed by atoms with van der Waals surface area (Å²) in [6.45, 7) is 6.43. The molecule has 0 bridgehead atoms. The van der Waals surface area contributed by atoms with E-state index in [9.17, 15) is 14.4 Å². The summed E-state index contributed by atoms with van der Waals surface area (Å²) < 4.78 is 17.0. The zero-order valence-electron chi connectivity index (χ0n) is 53.3. The summed E-state index contributed by atoms with van der Waals surface area (Å²) in [6, 6.07) is 0. The molecule has 0 aliphatic rings. The van der Waals surface area contributed by atoms with Gasteiger partial charge in [-0.2, -0.15) is 0 Å². The molecule has 6 heteroatoms. The third-order valence-electron chi connectivity index (χ3n) is 14.7. The van der Waals surface area contributed by atoms with E-state index in [1.165, 1.54) is 167 Å². The first kappa shape index (κ1) is 77.1. The second-order valence-corrected chi connectivity index (χ2v) is 22.7. The summed E-state index contributed by atoms with van der Waals surface area (Å²) in [6.07, 6.45) is 93.9. The van der Waals surface area contributed by atoms with Gasteiger partial charge in [-0.1, -0.05) is 297 Å². The summed E-state index contributed by atoms with van der Waals surface area (Å²) in [7, 11) is 0. The van der Waals surface area contributed by atoms with E-state index in [0.29, 0.717) is 19.3 Å². The average molecular weight is 1130 g/mol. The van der Waals surface area contributed by atoms with Crippen LogP contribution in [-0.2, 0) is 28.6 Å². The van der Waals surface area contributed by atoms with Crippen LogP contribution in [0.3, 0.4) is 0 Å². The highest BCUT2D eigenvalue weighted by Gasteiger charge is 2.19. The Kier molecular flexibility index (Phi) is 65.2. The van der Waals surface area contributed by atoms with E-state index in [1.54, 1.807) is 0 Å². The Morgan fingerprint density at radius 1 is 0.259 bits per heavy atom. The Balaban J connectivity index is 4.25. The van der Waals surface area contributed by atoms with Crippen LogP contribution in [0.5, 0.6) is 0 Å². The van der Waals surface area contributed by atoms with Crippen LogP contribution in [0.25, 0.3) is 0 Å². The molecule has 464 valence electrons. The molecule has 0 spiro atoms. The topological polar surface area (TPSA) is 78.9 Å². The van der Waals surface area contributed by atoms with Crippen LogP contribution in [0.4, 0.5) is 0 Å². The lowest BCUT2D eigenvalue weighted by atomic mass is 10.0. The molecule has 6 nitrogen and oxygen atoms in total. The standard InChI is InChI=1S/C75H128O6/c1-4-7-10-13-16-19-22-25-28-30-31-32-33-34-35-36-37-38-39-40-41-42-43-45-47-50-53-56-59-62-65-68-74(77)80-71-72(70-79-73(76)67-64-61-58-55-52-49-46-27-24-21-18-15-12-9-6-3)81-75(78)69-66-63-60-57-54-51-48-44-29-26-23-20-17-14-11-8-5-2/h7-8,10-11,16-17,19-20,25-29,31-32,34-35,46,72H,4-6,9,12-15,18,21-24,30,33,36-45,47-71H2,1-3H3/b10-7-,11-8-,19-16-,20-17-,28-25-,29-26-,32-31-,35-34-,46-27-. The Labute approximate surface area is 501 Å². The van der Waals surface area contributed by atoms with Crippen molar-refractivity contribution in [2.45, 2.75) is 335 Å². The van der Waals surface area contributed by atoms with Crippen molar-refractivity contribution in [1.29, 1.82) is 0 Å². The number of rotatable bonds is 62. The highest BCUT2D eigenvalue weighted by molar-refractivity contribution is 5.71. The molecule has 0 aliphatic carbocycles. The molecule has 0 N–H and O–H groups in total. The van der Waals surface area contributed by atoms with Crippen LogP contribution in [0.1, 0.15) is 329 Å². The van der Waals surface area contributed by atoms with Gasteiger partial charge in [0.25, 0.3) is 0 Å². The van der Waals surface area contributed by atoms with Gasteiger partial charge in [0.05, 0.1) is 0 Å².